The first-order valence-corrected chi connectivity index (χ1v) is 31.0. The van der Waals surface area contributed by atoms with Crippen LogP contribution in [0.25, 0.3) is 0 Å². The van der Waals surface area contributed by atoms with Crippen molar-refractivity contribution in [1.29, 1.82) is 0 Å². The molecule has 0 aromatic heterocycles. The summed E-state index contributed by atoms with van der Waals surface area (Å²) in [6.45, 7) is 29.4. The van der Waals surface area contributed by atoms with E-state index < -0.39 is 156 Å². The maximum atomic E-state index is 15.1. The van der Waals surface area contributed by atoms with Crippen LogP contribution in [0.1, 0.15) is 156 Å². The molecular formula is C63H113N11O12. The summed E-state index contributed by atoms with van der Waals surface area (Å²) in [6, 6.07) is -12.0. The minimum Gasteiger partial charge on any atom is -0.390 e. The van der Waals surface area contributed by atoms with E-state index in [4.69, 9.17) is 0 Å². The third kappa shape index (κ3) is 22.3. The molecule has 0 unspecified atom stereocenters. The molecule has 1 fully saturated rings. The van der Waals surface area contributed by atoms with E-state index in [-0.39, 0.29) is 62.3 Å². The van der Waals surface area contributed by atoms with Gasteiger partial charge in [-0.1, -0.05) is 109 Å². The van der Waals surface area contributed by atoms with Crippen LogP contribution in [0.2, 0.25) is 0 Å². The zero-order chi connectivity index (χ0) is 66.7. The fraction of sp³-hybridized carbons (Fsp3) is 0.794. The molecule has 1 aliphatic heterocycles. The molecule has 5 N–H and O–H groups in total. The molecule has 0 saturated carbocycles. The summed E-state index contributed by atoms with van der Waals surface area (Å²) < 4.78 is 0. The third-order valence-corrected chi connectivity index (χ3v) is 16.2. The Bertz CT molecular complexity index is 2340. The zero-order valence-electron chi connectivity index (χ0n) is 56.8. The lowest BCUT2D eigenvalue weighted by molar-refractivity contribution is -0.157. The topological polar surface area (TPSA) is 279 Å². The molecule has 0 aromatic carbocycles. The van der Waals surface area contributed by atoms with Gasteiger partial charge in [0.15, 0.2) is 5.78 Å². The van der Waals surface area contributed by atoms with Crippen molar-refractivity contribution < 1.29 is 57.8 Å². The summed E-state index contributed by atoms with van der Waals surface area (Å²) in [5.74, 6) is -9.11. The van der Waals surface area contributed by atoms with E-state index in [1.165, 1.54) is 75.7 Å². The van der Waals surface area contributed by atoms with Crippen molar-refractivity contribution >= 4 is 64.9 Å². The molecule has 10 amide bonds. The molecule has 0 spiro atoms. The number of Topliss-reactive ketones (excluding diaryl/α,β-unsaturated/α-hetero) is 1. The monoisotopic (exact) mass is 1220 g/mol. The van der Waals surface area contributed by atoms with Gasteiger partial charge in [-0.25, -0.2) is 0 Å². The normalized spacial score (nSPS) is 27.1. The highest BCUT2D eigenvalue weighted by Gasteiger charge is 2.45. The number of nitrogens with one attached hydrogen (secondary N) is 4. The van der Waals surface area contributed by atoms with Crippen LogP contribution >= 0.6 is 0 Å². The first-order valence-electron chi connectivity index (χ1n) is 31.0. The van der Waals surface area contributed by atoms with Crippen LogP contribution in [0.15, 0.2) is 12.2 Å². The van der Waals surface area contributed by atoms with Crippen LogP contribution in [0.5, 0.6) is 0 Å². The van der Waals surface area contributed by atoms with Gasteiger partial charge in [0.1, 0.15) is 54.4 Å². The summed E-state index contributed by atoms with van der Waals surface area (Å²) in [7, 11) is 10.2. The first kappa shape index (κ1) is 78.0. The van der Waals surface area contributed by atoms with Crippen LogP contribution in [0.3, 0.4) is 0 Å². The highest BCUT2D eigenvalue weighted by atomic mass is 16.3. The number of amides is 10. The van der Waals surface area contributed by atoms with Crippen molar-refractivity contribution in [1.82, 2.24) is 55.6 Å². The molecule has 12 atom stereocenters. The fourth-order valence-electron chi connectivity index (χ4n) is 10.9. The van der Waals surface area contributed by atoms with Crippen molar-refractivity contribution in [2.75, 3.05) is 62.4 Å². The molecule has 0 aliphatic carbocycles. The highest BCUT2D eigenvalue weighted by molar-refractivity contribution is 5.99. The van der Waals surface area contributed by atoms with Gasteiger partial charge >= 0.3 is 0 Å². The van der Waals surface area contributed by atoms with Gasteiger partial charge in [-0.15, -0.1) is 0 Å². The predicted molar refractivity (Wildman–Crippen MR) is 333 cm³/mol. The zero-order valence-corrected chi connectivity index (χ0v) is 56.8. The summed E-state index contributed by atoms with van der Waals surface area (Å²) in [4.78, 5) is 169. The minimum absolute atomic E-state index is 0.0497. The molecule has 23 heteroatoms. The van der Waals surface area contributed by atoms with Gasteiger partial charge in [-0.3, -0.25) is 57.6 Å². The number of allylic oxidation sites excluding steroid dienone is 2. The SMILES string of the molecule is CC=CC[C@@H](C)[C@@H](O)[C@H]1C(=O)N[C@@H](CC)C(=O)N(C)CC(=O)CN(C)[C@@H](CC(C)C)C(=O)N[C@@H](C(C)C)C(=O)N(C)[C@H](CC(C)C)C(=O)N[C@@H](C)C(=O)N[C@H](C)C(=O)N(C)[C@@H](CC(C)C)C(=O)N(C)[C@@H](CC(C)C)C(=O)N(C)[C@@H](C(C)C)C(=O)N1C. The van der Waals surface area contributed by atoms with E-state index in [0.717, 1.165) is 9.80 Å². The van der Waals surface area contributed by atoms with Crippen molar-refractivity contribution in [3.05, 3.63) is 12.2 Å². The first-order chi connectivity index (χ1) is 39.7. The smallest absolute Gasteiger partial charge is 0.246 e. The number of hydrogen-bond acceptors (Lipinski definition) is 13. The molecule has 492 valence electrons. The Morgan fingerprint density at radius 3 is 1.36 bits per heavy atom. The van der Waals surface area contributed by atoms with Crippen LogP contribution in [-0.2, 0) is 52.7 Å². The number of hydrogen-bond donors (Lipinski definition) is 5. The van der Waals surface area contributed by atoms with Crippen LogP contribution < -0.4 is 21.3 Å². The minimum atomic E-state index is -1.59. The summed E-state index contributed by atoms with van der Waals surface area (Å²) in [5.41, 5.74) is 0. The van der Waals surface area contributed by atoms with Gasteiger partial charge in [0.25, 0.3) is 0 Å². The lowest BCUT2D eigenvalue weighted by Gasteiger charge is -2.41. The number of aliphatic hydroxyl groups is 1. The quantitative estimate of drug-likeness (QED) is 0.148. The molecular weight excluding hydrogens is 1100 g/mol. The highest BCUT2D eigenvalue weighted by Crippen LogP contribution is 2.25. The maximum absolute atomic E-state index is 15.1. The van der Waals surface area contributed by atoms with Crippen molar-refractivity contribution in [2.24, 2.45) is 41.4 Å². The third-order valence-electron chi connectivity index (χ3n) is 16.2. The van der Waals surface area contributed by atoms with E-state index in [9.17, 15) is 48.3 Å². The molecule has 86 heavy (non-hydrogen) atoms. The number of carbonyl (C=O) groups is 11. The van der Waals surface area contributed by atoms with Gasteiger partial charge in [0.2, 0.25) is 59.1 Å². The number of carbonyl (C=O) groups excluding carboxylic acids is 11. The molecule has 1 saturated heterocycles. The van der Waals surface area contributed by atoms with E-state index in [2.05, 4.69) is 21.3 Å². The van der Waals surface area contributed by atoms with E-state index in [0.29, 0.717) is 6.42 Å². The Kier molecular flexibility index (Phi) is 32.4. The molecule has 1 rings (SSSR count). The number of nitrogens with zero attached hydrogens (tertiary/aromatic N) is 7. The fourth-order valence-corrected chi connectivity index (χ4v) is 10.9. The number of aliphatic hydroxyl groups excluding tert-OH is 1. The number of ketones is 1. The van der Waals surface area contributed by atoms with Crippen LogP contribution in [0, 0.1) is 41.4 Å². The van der Waals surface area contributed by atoms with Crippen molar-refractivity contribution in [2.45, 2.75) is 223 Å². The average Bonchev–Trinajstić information content (AvgIpc) is 1.42. The average molecular weight is 1220 g/mol. The lowest BCUT2D eigenvalue weighted by atomic mass is 9.91. The van der Waals surface area contributed by atoms with Gasteiger partial charge in [-0.2, -0.15) is 0 Å². The second-order valence-corrected chi connectivity index (χ2v) is 26.5. The molecule has 0 aromatic rings. The van der Waals surface area contributed by atoms with Gasteiger partial charge in [0, 0.05) is 42.3 Å². The maximum Gasteiger partial charge on any atom is 0.246 e. The van der Waals surface area contributed by atoms with Gasteiger partial charge in [0.05, 0.1) is 25.2 Å². The summed E-state index contributed by atoms with van der Waals surface area (Å²) in [6.07, 6.45) is 3.24. The van der Waals surface area contributed by atoms with Crippen molar-refractivity contribution in [3.63, 3.8) is 0 Å². The second kappa shape index (κ2) is 35.7. The van der Waals surface area contributed by atoms with Gasteiger partial charge < -0.3 is 55.8 Å². The van der Waals surface area contributed by atoms with Crippen molar-refractivity contribution in [3.8, 4) is 0 Å². The number of rotatable bonds is 15. The lowest BCUT2D eigenvalue weighted by Crippen LogP contribution is -2.63. The second-order valence-electron chi connectivity index (χ2n) is 26.5. The Labute approximate surface area is 515 Å². The van der Waals surface area contributed by atoms with E-state index in [1.54, 1.807) is 66.5 Å². The Balaban J connectivity index is 4.27. The number of likely N-dealkylation sites (N-methyl/N-ethyl adjacent to an activating group) is 7. The standard InChI is InChI=1S/C63H113N11O12/c1-25-27-28-41(15)53(76)52-57(80)66-45(26-2)59(82)69(19)34-44(75)33-68(18)46(29-35(3)4)55(78)67-50(39(11)12)62(85)70(20)47(30-36(5)6)56(79)64-42(16)54(77)65-43(17)58(81)71(21)48(31-37(7)8)60(83)72(22)49(32-38(9)10)61(84)73(23)51(40(13)14)63(86)74(52)24/h25,27,35-43,45-53,76H,26,28-34H2,1-24H3,(H,64,79)(H,65,77)(H,66,80)(H,67,78)/t41-,42+,43-,45+,46+,47-,48+,49+,50+,51+,52+,53-/m1/s1. The molecule has 0 bridgehead atoms. The predicted octanol–water partition coefficient (Wildman–Crippen LogP) is 3.31. The molecule has 0 radical (unpaired) electrons. The summed E-state index contributed by atoms with van der Waals surface area (Å²) >= 11 is 0. The Morgan fingerprint density at radius 2 is 0.895 bits per heavy atom. The Morgan fingerprint density at radius 1 is 0.465 bits per heavy atom. The van der Waals surface area contributed by atoms with E-state index >= 15 is 9.59 Å². The Hall–Kier alpha value is -5.97. The van der Waals surface area contributed by atoms with E-state index in [1.807, 2.05) is 61.5 Å². The molecule has 1 aliphatic rings. The summed E-state index contributed by atoms with van der Waals surface area (Å²) in [5, 5.41) is 23.1. The molecule has 1 heterocycles. The largest absolute Gasteiger partial charge is 0.390 e. The van der Waals surface area contributed by atoms with Crippen LogP contribution in [0.4, 0.5) is 0 Å². The van der Waals surface area contributed by atoms with Crippen LogP contribution in [-0.4, -0.2) is 233 Å². The molecule has 23 nitrogen and oxygen atoms in total. The van der Waals surface area contributed by atoms with Gasteiger partial charge in [-0.05, 0) is 108 Å².